The van der Waals surface area contributed by atoms with Gasteiger partial charge in [-0.15, -0.1) is 18.8 Å². The van der Waals surface area contributed by atoms with Gasteiger partial charge in [-0.05, 0) is 177 Å². The Morgan fingerprint density at radius 1 is 0.424 bits per heavy atom. The van der Waals surface area contributed by atoms with Crippen molar-refractivity contribution in [3.8, 4) is 24.2 Å². The first kappa shape index (κ1) is 114. The van der Waals surface area contributed by atoms with Gasteiger partial charge in [-0.3, -0.25) is 96.2 Å². The van der Waals surface area contributed by atoms with Gasteiger partial charge in [0.1, 0.15) is 54.2 Å². The van der Waals surface area contributed by atoms with Crippen LogP contribution in [0.25, 0.3) is 44.1 Å². The number of nitrogens with one attached hydrogen (secondary N) is 5. The monoisotopic (exact) mass is 2110 g/mol. The highest BCUT2D eigenvalue weighted by Crippen LogP contribution is 2.32. The van der Waals surface area contributed by atoms with Crippen LogP contribution < -0.4 is 49.3 Å². The zero-order chi connectivity index (χ0) is 103. The van der Waals surface area contributed by atoms with Gasteiger partial charge in [0.15, 0.2) is 0 Å². The number of carbonyl (C=O) groups is 11. The fourth-order valence-electron chi connectivity index (χ4n) is 17.7. The van der Waals surface area contributed by atoms with Gasteiger partial charge in [0.25, 0.3) is 0 Å². The average Bonchev–Trinajstić information content (AvgIpc) is 1.62. The normalized spacial score (nSPS) is 20.5. The second kappa shape index (κ2) is 51.9. The summed E-state index contributed by atoms with van der Waals surface area (Å²) in [6.07, 6.45) is 8.60. The Bertz CT molecular complexity index is 6350. The van der Waals surface area contributed by atoms with Crippen molar-refractivity contribution >= 4 is 148 Å². The van der Waals surface area contributed by atoms with Crippen molar-refractivity contribution in [1.29, 1.82) is 0 Å². The third-order valence-corrected chi connectivity index (χ3v) is 24.9. The number of benzene rings is 4. The lowest BCUT2D eigenvalue weighted by Crippen LogP contribution is -2.48. The summed E-state index contributed by atoms with van der Waals surface area (Å²) in [5.74, 6) is 5.41. The smallest absolute Gasteiger partial charge is 0.410 e. The molecule has 8 aliphatic rings. The highest BCUT2D eigenvalue weighted by Gasteiger charge is 2.39. The van der Waals surface area contributed by atoms with Gasteiger partial charge in [-0.25, -0.2) is 33.6 Å². The van der Waals surface area contributed by atoms with Crippen molar-refractivity contribution in [3.63, 3.8) is 0 Å². The number of piperidine rings is 4. The number of rotatable bonds is 22. The maximum Gasteiger partial charge on any atom is 0.410 e. The highest BCUT2D eigenvalue weighted by molar-refractivity contribution is 9.10. The molecule has 0 saturated carbocycles. The molecule has 12 heterocycles. The van der Waals surface area contributed by atoms with Gasteiger partial charge >= 0.3 is 41.0 Å². The van der Waals surface area contributed by atoms with E-state index in [0.29, 0.717) is 152 Å². The molecular formula is C99H133BrClN16O26P. The molecule has 8 saturated heterocycles. The number of carbonyl (C=O) groups excluding carboxylic acids is 11. The maximum absolute atomic E-state index is 13.1. The molecular weight excluding hydrogens is 1980 g/mol. The first-order valence-corrected chi connectivity index (χ1v) is 48.5. The Morgan fingerprint density at radius 3 is 1.10 bits per heavy atom. The minimum atomic E-state index is -0.754. The number of aromatic nitrogens is 8. The number of imidazole rings is 4. The van der Waals surface area contributed by atoms with E-state index in [1.807, 2.05) is 111 Å². The van der Waals surface area contributed by atoms with Crippen LogP contribution in [0.5, 0.6) is 0 Å². The van der Waals surface area contributed by atoms with E-state index in [0.717, 1.165) is 70.0 Å². The average molecular weight is 2110 g/mol. The molecule has 9 atom stereocenters. The van der Waals surface area contributed by atoms with Gasteiger partial charge < -0.3 is 72.1 Å². The molecule has 45 heteroatoms. The summed E-state index contributed by atoms with van der Waals surface area (Å²) in [7, 11) is 6.72. The van der Waals surface area contributed by atoms with Crippen LogP contribution in [0.15, 0.2) is 96.4 Å². The summed E-state index contributed by atoms with van der Waals surface area (Å²) in [6, 6.07) is 19.5. The minimum absolute atomic E-state index is 0. The van der Waals surface area contributed by atoms with Crippen LogP contribution >= 0.6 is 38.2 Å². The van der Waals surface area contributed by atoms with Crippen LogP contribution in [0.4, 0.5) is 14.4 Å². The van der Waals surface area contributed by atoms with Crippen molar-refractivity contribution < 1.29 is 105 Å². The quantitative estimate of drug-likeness (QED) is 0.0163. The number of imide groups is 4. The number of aryl methyl sites for hydroxylation is 6. The summed E-state index contributed by atoms with van der Waals surface area (Å²) in [5.41, 5.74) is 5.52. The second-order valence-corrected chi connectivity index (χ2v) is 39.3. The number of halogens is 2. The van der Waals surface area contributed by atoms with E-state index in [9.17, 15) is 71.9 Å². The number of amides is 11. The molecule has 42 nitrogen and oxygen atoms in total. The molecule has 784 valence electrons. The van der Waals surface area contributed by atoms with E-state index in [-0.39, 0.29) is 163 Å². The molecule has 144 heavy (non-hydrogen) atoms. The van der Waals surface area contributed by atoms with Crippen molar-refractivity contribution in [2.75, 3.05) is 132 Å². The molecule has 8 aliphatic heterocycles. The summed E-state index contributed by atoms with van der Waals surface area (Å²) < 4.78 is 74.1. The lowest BCUT2D eigenvalue weighted by Gasteiger charge is -2.34. The SMILES string of the molecule is C#CCOC[C@@H]1CN(C(=O)OC(C)(C)C)CCO1.Cl.Cn1c(=O)n(C2CCC(=O)NC2=O)c2cccc(Br)c21.Cn1c(=O)n(C2CCC(=O)NC2=O)c2cccc(C#CCOC[C@@H]3CN(C(=O)OC(C)(C)C)CCO3)c21.Cn1c(=O)n(C2CCC(=O)NC2=O)c2cccc(CCCOC[C@@H]3CN(C(=O)OC(C)(C)C)CCO3)c21.Cn1c(=O)n(C2CCC(=O)NC2=O)c2cccc(CCCOC[C@@H]3CNCCO3)c21.P. The van der Waals surface area contributed by atoms with Crippen LogP contribution in [0, 0.1) is 24.2 Å². The van der Waals surface area contributed by atoms with Crippen LogP contribution in [0.1, 0.15) is 167 Å². The summed E-state index contributed by atoms with van der Waals surface area (Å²) in [6.45, 7) is 26.1. The largest absolute Gasteiger partial charge is 0.444 e. The maximum atomic E-state index is 13.1. The molecule has 16 rings (SSSR count). The van der Waals surface area contributed by atoms with Crippen molar-refractivity contribution in [2.24, 2.45) is 28.2 Å². The third-order valence-electron chi connectivity index (χ3n) is 24.3. The number of ether oxygens (including phenoxy) is 11. The van der Waals surface area contributed by atoms with Crippen molar-refractivity contribution in [1.82, 2.24) is 77.8 Å². The minimum Gasteiger partial charge on any atom is -0.444 e. The molecule has 0 radical (unpaired) electrons. The Labute approximate surface area is 850 Å². The molecule has 0 spiro atoms. The molecule has 4 aromatic heterocycles. The Kier molecular flexibility index (Phi) is 41.1. The zero-order valence-electron chi connectivity index (χ0n) is 83.8. The van der Waals surface area contributed by atoms with Crippen LogP contribution in [0.3, 0.4) is 0 Å². The van der Waals surface area contributed by atoms with E-state index in [1.165, 1.54) is 27.4 Å². The van der Waals surface area contributed by atoms with E-state index >= 15 is 0 Å². The van der Waals surface area contributed by atoms with Gasteiger partial charge in [0, 0.05) is 104 Å². The zero-order valence-corrected chi connectivity index (χ0v) is 87.6. The summed E-state index contributed by atoms with van der Waals surface area (Å²) in [4.78, 5) is 188. The van der Waals surface area contributed by atoms with E-state index < -0.39 is 64.6 Å². The molecule has 5 unspecified atom stereocenters. The first-order chi connectivity index (χ1) is 67.6. The number of morpholine rings is 4. The fourth-order valence-corrected chi connectivity index (χ4v) is 18.4. The first-order valence-electron chi connectivity index (χ1n) is 47.7. The lowest BCUT2D eigenvalue weighted by molar-refractivity contribution is -0.137. The van der Waals surface area contributed by atoms with Gasteiger partial charge in [0.2, 0.25) is 47.3 Å². The number of nitrogens with zero attached hydrogens (tertiary/aromatic N) is 11. The van der Waals surface area contributed by atoms with Crippen LogP contribution in [-0.4, -0.2) is 290 Å². The number of para-hydroxylation sites is 4. The van der Waals surface area contributed by atoms with E-state index in [4.69, 9.17) is 58.5 Å². The summed E-state index contributed by atoms with van der Waals surface area (Å²) in [5, 5.41) is 12.5. The molecule has 8 aromatic rings. The Balaban J connectivity index is 0.000000189. The Hall–Kier alpha value is -11.7. The number of fused-ring (bicyclic) bond motifs is 4. The van der Waals surface area contributed by atoms with Crippen molar-refractivity contribution in [2.45, 2.75) is 205 Å². The number of hydrogen-bond donors (Lipinski definition) is 5. The molecule has 11 amide bonds. The van der Waals surface area contributed by atoms with Crippen molar-refractivity contribution in [3.05, 3.63) is 136 Å². The Morgan fingerprint density at radius 2 is 0.743 bits per heavy atom. The number of hydrogen-bond acceptors (Lipinski definition) is 27. The van der Waals surface area contributed by atoms with Gasteiger partial charge in [0.05, 0.1) is 147 Å². The molecule has 4 aromatic carbocycles. The molecule has 0 aliphatic carbocycles. The standard InChI is InChI=1S/C26H36N4O7.C26H32N4O7.C21H28N4O5.C13H12BrN3O3.C13H21NO4.ClH.H3P/c2*1-26(2,3)37-25(34)29-12-14-36-18(15-29)16-35-13-6-8-17-7-5-9-19-22(17)28(4)24(33)30(19)20-10-11-21(31)27-23(20)32;1-24-19-14(5-3-10-29-13-15-12-22-9-11-30-15)4-2-6-16(19)25(21(24)28)17-7-8-18(26)23-20(17)27;1-16-11-7(14)3-2-4-8(11)17(13(16)20)9-5-6-10(18)15-12(9)19;1-5-7-16-10-11-9-14(6-8-17-11)12(15)18-13(2,3)4;;/h5,7,9,18,20H,6,8,10-16H2,1-4H3,(H,27,31,32);5,7,9,18,20H,10-16H2,1-4H3,(H,27,31,32);2,4,6,15,17,22H,3,5,7-13H2,1H3,(H,23,26,27);2-4,9H,5-6H2,1H3,(H,15,18,19);1,11H,6-10H2,2-4H3;1H;1H3/t2*18-,20?;15-,17?;;11-;;/m000.0../s1. The fraction of sp³-hybridized carbons (Fsp3) is 0.566. The highest BCUT2D eigenvalue weighted by atomic mass is 79.9. The topological polar surface area (TPSA) is 467 Å². The predicted octanol–water partition coefficient (Wildman–Crippen LogP) is 6.31. The lowest BCUT2D eigenvalue weighted by atomic mass is 10.0. The summed E-state index contributed by atoms with van der Waals surface area (Å²) >= 11 is 3.42. The molecule has 5 N–H and O–H groups in total. The van der Waals surface area contributed by atoms with Crippen LogP contribution in [0.2, 0.25) is 0 Å². The van der Waals surface area contributed by atoms with E-state index in [2.05, 4.69) is 60.3 Å². The van der Waals surface area contributed by atoms with Gasteiger partial charge in [-0.1, -0.05) is 54.2 Å². The van der Waals surface area contributed by atoms with Gasteiger partial charge in [-0.2, -0.15) is 9.90 Å². The second-order valence-electron chi connectivity index (χ2n) is 38.4. The predicted molar refractivity (Wildman–Crippen MR) is 541 cm³/mol. The molecule has 0 bridgehead atoms. The van der Waals surface area contributed by atoms with E-state index in [1.54, 1.807) is 76.3 Å². The number of terminal acetylenes is 1. The third kappa shape index (κ3) is 29.8. The van der Waals surface area contributed by atoms with Crippen LogP contribution in [-0.2, 0) is 131 Å². The molecule has 8 fully saturated rings.